The van der Waals surface area contributed by atoms with E-state index in [1.807, 2.05) is 6.92 Å². The Labute approximate surface area is 104 Å². The third-order valence-electron chi connectivity index (χ3n) is 2.73. The molecule has 102 valence electrons. The fraction of sp³-hybridized carbons (Fsp3) is 0.917. The molecule has 0 saturated heterocycles. The number of nitrogens with one attached hydrogen (secondary N) is 2. The van der Waals surface area contributed by atoms with Crippen LogP contribution in [0.5, 0.6) is 0 Å². The predicted molar refractivity (Wildman–Crippen MR) is 67.9 cm³/mol. The summed E-state index contributed by atoms with van der Waals surface area (Å²) in [5.74, 6) is -0.0945. The van der Waals surface area contributed by atoms with Crippen LogP contribution in [0.3, 0.4) is 0 Å². The van der Waals surface area contributed by atoms with E-state index in [9.17, 15) is 9.90 Å². The van der Waals surface area contributed by atoms with Crippen LogP contribution in [0.2, 0.25) is 0 Å². The number of aliphatic hydroxyl groups is 1. The van der Waals surface area contributed by atoms with Gasteiger partial charge in [0.25, 0.3) is 0 Å². The Bertz CT molecular complexity index is 220. The third kappa shape index (κ3) is 9.09. The van der Waals surface area contributed by atoms with E-state index in [4.69, 9.17) is 4.74 Å². The third-order valence-corrected chi connectivity index (χ3v) is 2.73. The van der Waals surface area contributed by atoms with Crippen molar-refractivity contribution < 1.29 is 14.6 Å². The molecule has 0 aliphatic heterocycles. The molecule has 0 rings (SSSR count). The Kier molecular flexibility index (Phi) is 8.12. The van der Waals surface area contributed by atoms with Crippen molar-refractivity contribution in [3.05, 3.63) is 0 Å². The average molecular weight is 246 g/mol. The van der Waals surface area contributed by atoms with Gasteiger partial charge in [-0.25, -0.2) is 0 Å². The van der Waals surface area contributed by atoms with Crippen molar-refractivity contribution in [2.24, 2.45) is 0 Å². The molecule has 0 fully saturated rings. The van der Waals surface area contributed by atoms with Gasteiger partial charge in [0.15, 0.2) is 0 Å². The smallest absolute Gasteiger partial charge is 0.234 e. The fourth-order valence-corrected chi connectivity index (χ4v) is 1.17. The van der Waals surface area contributed by atoms with Crippen molar-refractivity contribution in [3.63, 3.8) is 0 Å². The zero-order valence-corrected chi connectivity index (χ0v) is 11.4. The second-order valence-electron chi connectivity index (χ2n) is 4.71. The van der Waals surface area contributed by atoms with Crippen molar-refractivity contribution in [3.8, 4) is 0 Å². The fourth-order valence-electron chi connectivity index (χ4n) is 1.17. The van der Waals surface area contributed by atoms with Crippen molar-refractivity contribution >= 4 is 5.91 Å². The normalized spacial score (nSPS) is 16.3. The minimum absolute atomic E-state index is 0.0945. The average Bonchev–Trinajstić information content (AvgIpc) is 2.31. The maximum absolute atomic E-state index is 11.5. The molecule has 0 bridgehead atoms. The minimum Gasteiger partial charge on any atom is -0.388 e. The SMILES string of the molecule is CCC(C)NCC(=O)NCC(C)(O)CCOC. The maximum atomic E-state index is 11.5. The van der Waals surface area contributed by atoms with Gasteiger partial charge in [-0.3, -0.25) is 4.79 Å². The van der Waals surface area contributed by atoms with Gasteiger partial charge in [-0.1, -0.05) is 6.92 Å². The summed E-state index contributed by atoms with van der Waals surface area (Å²) in [6, 6.07) is 0.328. The summed E-state index contributed by atoms with van der Waals surface area (Å²) in [5.41, 5.74) is -0.915. The monoisotopic (exact) mass is 246 g/mol. The van der Waals surface area contributed by atoms with Crippen LogP contribution in [0, 0.1) is 0 Å². The maximum Gasteiger partial charge on any atom is 0.234 e. The van der Waals surface area contributed by atoms with E-state index in [0.717, 1.165) is 6.42 Å². The van der Waals surface area contributed by atoms with Gasteiger partial charge in [0, 0.05) is 32.7 Å². The summed E-state index contributed by atoms with van der Waals surface area (Å²) in [4.78, 5) is 11.5. The molecule has 0 aliphatic carbocycles. The molecule has 17 heavy (non-hydrogen) atoms. The largest absolute Gasteiger partial charge is 0.388 e. The molecular weight excluding hydrogens is 220 g/mol. The molecular formula is C12H26N2O3. The molecule has 0 aromatic heterocycles. The quantitative estimate of drug-likeness (QED) is 0.546. The Morgan fingerprint density at radius 1 is 1.53 bits per heavy atom. The second-order valence-corrected chi connectivity index (χ2v) is 4.71. The van der Waals surface area contributed by atoms with Crippen molar-refractivity contribution in [2.45, 2.75) is 45.3 Å². The van der Waals surface area contributed by atoms with E-state index >= 15 is 0 Å². The van der Waals surface area contributed by atoms with E-state index in [2.05, 4.69) is 17.6 Å². The van der Waals surface area contributed by atoms with Gasteiger partial charge in [-0.2, -0.15) is 0 Å². The number of hydrogen-bond acceptors (Lipinski definition) is 4. The van der Waals surface area contributed by atoms with Crippen LogP contribution in [0.25, 0.3) is 0 Å². The summed E-state index contributed by atoms with van der Waals surface area (Å²) < 4.78 is 4.89. The van der Waals surface area contributed by atoms with Gasteiger partial charge in [0.05, 0.1) is 12.1 Å². The molecule has 0 radical (unpaired) electrons. The van der Waals surface area contributed by atoms with E-state index in [1.165, 1.54) is 0 Å². The molecule has 0 aromatic rings. The highest BCUT2D eigenvalue weighted by molar-refractivity contribution is 5.78. The van der Waals surface area contributed by atoms with Gasteiger partial charge in [-0.15, -0.1) is 0 Å². The number of rotatable bonds is 9. The van der Waals surface area contributed by atoms with E-state index in [1.54, 1.807) is 14.0 Å². The van der Waals surface area contributed by atoms with Crippen molar-refractivity contribution in [1.82, 2.24) is 10.6 Å². The standard InChI is InChI=1S/C12H26N2O3/c1-5-10(2)13-8-11(15)14-9-12(3,16)6-7-17-4/h10,13,16H,5-9H2,1-4H3,(H,14,15). The molecule has 5 nitrogen and oxygen atoms in total. The molecule has 0 saturated carbocycles. The summed E-state index contributed by atoms with van der Waals surface area (Å²) in [7, 11) is 1.59. The molecule has 3 N–H and O–H groups in total. The summed E-state index contributed by atoms with van der Waals surface area (Å²) in [5, 5.41) is 15.7. The Hall–Kier alpha value is -0.650. The first-order valence-corrected chi connectivity index (χ1v) is 6.12. The zero-order valence-electron chi connectivity index (χ0n) is 11.4. The Morgan fingerprint density at radius 2 is 2.18 bits per heavy atom. The zero-order chi connectivity index (χ0) is 13.3. The highest BCUT2D eigenvalue weighted by Gasteiger charge is 2.20. The number of hydrogen-bond donors (Lipinski definition) is 3. The Morgan fingerprint density at radius 3 is 2.71 bits per heavy atom. The highest BCUT2D eigenvalue weighted by atomic mass is 16.5. The number of carbonyl (C=O) groups excluding carboxylic acids is 1. The molecule has 0 heterocycles. The van der Waals surface area contributed by atoms with Gasteiger partial charge in [-0.05, 0) is 20.3 Å². The summed E-state index contributed by atoms with van der Waals surface area (Å²) in [6.07, 6.45) is 1.49. The lowest BCUT2D eigenvalue weighted by Crippen LogP contribution is -2.45. The summed E-state index contributed by atoms with van der Waals surface area (Å²) >= 11 is 0. The second kappa shape index (κ2) is 8.44. The number of ether oxygens (including phenoxy) is 1. The molecule has 0 aromatic carbocycles. The van der Waals surface area contributed by atoms with Crippen LogP contribution in [-0.2, 0) is 9.53 Å². The van der Waals surface area contributed by atoms with Crippen LogP contribution in [-0.4, -0.2) is 49.5 Å². The molecule has 2 atom stereocenters. The molecule has 0 spiro atoms. The summed E-state index contributed by atoms with van der Waals surface area (Å²) in [6.45, 7) is 6.79. The lowest BCUT2D eigenvalue weighted by Gasteiger charge is -2.23. The van der Waals surface area contributed by atoms with Crippen LogP contribution in [0.15, 0.2) is 0 Å². The van der Waals surface area contributed by atoms with Crippen molar-refractivity contribution in [1.29, 1.82) is 0 Å². The first-order valence-electron chi connectivity index (χ1n) is 6.12. The number of carbonyl (C=O) groups is 1. The van der Waals surface area contributed by atoms with Gasteiger partial charge in [0.2, 0.25) is 5.91 Å². The lowest BCUT2D eigenvalue weighted by atomic mass is 10.0. The highest BCUT2D eigenvalue weighted by Crippen LogP contribution is 2.07. The lowest BCUT2D eigenvalue weighted by molar-refractivity contribution is -0.121. The van der Waals surface area contributed by atoms with Crippen LogP contribution >= 0.6 is 0 Å². The van der Waals surface area contributed by atoms with Crippen LogP contribution < -0.4 is 10.6 Å². The first-order chi connectivity index (χ1) is 7.91. The first kappa shape index (κ1) is 16.4. The van der Waals surface area contributed by atoms with Crippen molar-refractivity contribution in [2.75, 3.05) is 26.8 Å². The van der Waals surface area contributed by atoms with Gasteiger partial charge in [0.1, 0.15) is 0 Å². The van der Waals surface area contributed by atoms with E-state index in [0.29, 0.717) is 19.1 Å². The minimum atomic E-state index is -0.915. The van der Waals surface area contributed by atoms with Gasteiger partial charge < -0.3 is 20.5 Å². The molecule has 2 unspecified atom stereocenters. The van der Waals surface area contributed by atoms with Crippen LogP contribution in [0.1, 0.15) is 33.6 Å². The van der Waals surface area contributed by atoms with E-state index in [-0.39, 0.29) is 19.0 Å². The Balaban J connectivity index is 3.75. The molecule has 0 aliphatic rings. The predicted octanol–water partition coefficient (Wildman–Crippen LogP) is 0.278. The molecule has 1 amide bonds. The number of methoxy groups -OCH3 is 1. The van der Waals surface area contributed by atoms with E-state index < -0.39 is 5.60 Å². The molecule has 5 heteroatoms. The number of amides is 1. The van der Waals surface area contributed by atoms with Crippen LogP contribution in [0.4, 0.5) is 0 Å². The topological polar surface area (TPSA) is 70.6 Å². The van der Waals surface area contributed by atoms with Gasteiger partial charge >= 0.3 is 0 Å².